The van der Waals surface area contributed by atoms with Crippen molar-refractivity contribution in [1.82, 2.24) is 0 Å². The summed E-state index contributed by atoms with van der Waals surface area (Å²) in [4.78, 5) is 17.4. The van der Waals surface area contributed by atoms with Crippen molar-refractivity contribution in [3.63, 3.8) is 0 Å². The number of non-ortho nitro benzene ring substituents is 1. The molecule has 1 aliphatic rings. The quantitative estimate of drug-likeness (QED) is 0.480. The van der Waals surface area contributed by atoms with E-state index >= 15 is 0 Å². The van der Waals surface area contributed by atoms with Crippen molar-refractivity contribution in [3.05, 3.63) is 52.1 Å². The number of aliphatic imine (C=N–C) groups is 1. The van der Waals surface area contributed by atoms with Crippen LogP contribution in [-0.4, -0.2) is 35.9 Å². The maximum Gasteiger partial charge on any atom is 0.274 e. The molecule has 1 N–H and O–H groups in total. The van der Waals surface area contributed by atoms with Gasteiger partial charge in [0.25, 0.3) is 5.69 Å². The number of nitro groups is 1. The fraction of sp³-hybridized carbons (Fsp3) is 0.316. The van der Waals surface area contributed by atoms with E-state index in [0.29, 0.717) is 6.61 Å². The number of nitro benzene ring substituents is 1. The van der Waals surface area contributed by atoms with Gasteiger partial charge in [0.2, 0.25) is 0 Å². The van der Waals surface area contributed by atoms with E-state index in [1.807, 2.05) is 24.3 Å². The maximum atomic E-state index is 11.1. The molecule has 7 nitrogen and oxygen atoms in total. The molecule has 1 saturated heterocycles. The smallest absolute Gasteiger partial charge is 0.274 e. The van der Waals surface area contributed by atoms with Crippen LogP contribution < -0.4 is 9.64 Å². The number of phenols is 1. The lowest BCUT2D eigenvalue weighted by molar-refractivity contribution is -0.385. The first-order valence-electron chi connectivity index (χ1n) is 8.62. The normalized spacial score (nSPS) is 14.1. The van der Waals surface area contributed by atoms with E-state index in [0.717, 1.165) is 37.3 Å². The van der Waals surface area contributed by atoms with E-state index in [9.17, 15) is 15.2 Å². The molecule has 1 fully saturated rings. The van der Waals surface area contributed by atoms with Crippen molar-refractivity contribution < 1.29 is 14.8 Å². The molecule has 3 rings (SSSR count). The van der Waals surface area contributed by atoms with Gasteiger partial charge >= 0.3 is 0 Å². The number of hydrogen-bond acceptors (Lipinski definition) is 6. The predicted octanol–water partition coefficient (Wildman–Crippen LogP) is 4.05. The highest BCUT2D eigenvalue weighted by Crippen LogP contribution is 2.35. The van der Waals surface area contributed by atoms with Gasteiger partial charge in [0.15, 0.2) is 11.5 Å². The summed E-state index contributed by atoms with van der Waals surface area (Å²) in [6, 6.07) is 10.3. The maximum absolute atomic E-state index is 11.1. The number of benzene rings is 2. The van der Waals surface area contributed by atoms with E-state index in [-0.39, 0.29) is 22.7 Å². The first-order chi connectivity index (χ1) is 12.6. The third-order valence-corrected chi connectivity index (χ3v) is 4.27. The Labute approximate surface area is 151 Å². The van der Waals surface area contributed by atoms with Crippen LogP contribution in [0.4, 0.5) is 17.1 Å². The molecule has 1 aliphatic heterocycles. The zero-order chi connectivity index (χ0) is 18.5. The van der Waals surface area contributed by atoms with Gasteiger partial charge in [-0.15, -0.1) is 0 Å². The van der Waals surface area contributed by atoms with E-state index in [1.165, 1.54) is 18.3 Å². The highest BCUT2D eigenvalue weighted by molar-refractivity contribution is 5.89. The number of para-hydroxylation sites is 2. The zero-order valence-corrected chi connectivity index (χ0v) is 14.6. The summed E-state index contributed by atoms with van der Waals surface area (Å²) in [5.74, 6) is -0.0733. The number of phenolic OH excluding ortho intramolecular Hbond substituents is 1. The fourth-order valence-corrected chi connectivity index (χ4v) is 3.02. The molecular formula is C19H21N3O4. The summed E-state index contributed by atoms with van der Waals surface area (Å²) in [6.45, 7) is 4.02. The van der Waals surface area contributed by atoms with Crippen LogP contribution in [0.15, 0.2) is 41.4 Å². The molecule has 0 aromatic heterocycles. The van der Waals surface area contributed by atoms with Gasteiger partial charge in [-0.3, -0.25) is 15.1 Å². The molecule has 0 bridgehead atoms. The van der Waals surface area contributed by atoms with Crippen LogP contribution in [0.5, 0.6) is 11.5 Å². The Hall–Kier alpha value is -3.09. The number of nitrogens with zero attached hydrogens (tertiary/aromatic N) is 3. The standard InChI is InChI=1S/C19H21N3O4/c1-2-26-18-12-15(22(24)25)11-14(19(18)23)13-20-16-7-3-4-8-17(16)21-9-5-6-10-21/h3-4,7-8,11-13,23H,2,5-6,9-10H2,1H3. The van der Waals surface area contributed by atoms with E-state index in [2.05, 4.69) is 9.89 Å². The monoisotopic (exact) mass is 355 g/mol. The van der Waals surface area contributed by atoms with Crippen LogP contribution in [0.3, 0.4) is 0 Å². The number of rotatable bonds is 6. The molecule has 0 radical (unpaired) electrons. The Morgan fingerprint density at radius 2 is 2.04 bits per heavy atom. The lowest BCUT2D eigenvalue weighted by Crippen LogP contribution is -2.17. The molecule has 0 spiro atoms. The number of hydrogen-bond donors (Lipinski definition) is 1. The summed E-state index contributed by atoms with van der Waals surface area (Å²) >= 11 is 0. The second-order valence-electron chi connectivity index (χ2n) is 6.01. The Balaban J connectivity index is 1.97. The van der Waals surface area contributed by atoms with Gasteiger partial charge in [-0.2, -0.15) is 0 Å². The molecule has 0 atom stereocenters. The first kappa shape index (κ1) is 17.7. The molecule has 7 heteroatoms. The second-order valence-corrected chi connectivity index (χ2v) is 6.01. The summed E-state index contributed by atoms with van der Waals surface area (Å²) in [5, 5.41) is 21.5. The fourth-order valence-electron chi connectivity index (χ4n) is 3.02. The van der Waals surface area contributed by atoms with Crippen LogP contribution >= 0.6 is 0 Å². The lowest BCUT2D eigenvalue weighted by atomic mass is 10.1. The Bertz CT molecular complexity index is 830. The Morgan fingerprint density at radius 1 is 1.31 bits per heavy atom. The highest BCUT2D eigenvalue weighted by Gasteiger charge is 2.17. The molecular weight excluding hydrogens is 334 g/mol. The molecule has 136 valence electrons. The topological polar surface area (TPSA) is 88.2 Å². The molecule has 0 amide bonds. The van der Waals surface area contributed by atoms with Crippen molar-refractivity contribution in [2.45, 2.75) is 19.8 Å². The van der Waals surface area contributed by atoms with E-state index < -0.39 is 4.92 Å². The average Bonchev–Trinajstić information content (AvgIpc) is 3.17. The van der Waals surface area contributed by atoms with Crippen molar-refractivity contribution >= 4 is 23.3 Å². The van der Waals surface area contributed by atoms with Crippen LogP contribution in [0.25, 0.3) is 0 Å². The van der Waals surface area contributed by atoms with Crippen LogP contribution in [0.1, 0.15) is 25.3 Å². The van der Waals surface area contributed by atoms with Crippen molar-refractivity contribution in [2.24, 2.45) is 4.99 Å². The summed E-state index contributed by atoms with van der Waals surface area (Å²) in [5.41, 5.74) is 1.88. The molecule has 0 aliphatic carbocycles. The first-order valence-corrected chi connectivity index (χ1v) is 8.62. The minimum atomic E-state index is -0.516. The molecule has 1 heterocycles. The van der Waals surface area contributed by atoms with Gasteiger partial charge < -0.3 is 14.7 Å². The third kappa shape index (κ3) is 3.77. The van der Waals surface area contributed by atoms with Gasteiger partial charge in [0.05, 0.1) is 29.0 Å². The van der Waals surface area contributed by atoms with E-state index in [1.54, 1.807) is 6.92 Å². The van der Waals surface area contributed by atoms with Crippen LogP contribution in [-0.2, 0) is 0 Å². The van der Waals surface area contributed by atoms with Crippen LogP contribution in [0, 0.1) is 10.1 Å². The van der Waals surface area contributed by atoms with Gasteiger partial charge in [0.1, 0.15) is 0 Å². The SMILES string of the molecule is CCOc1cc([N+](=O)[O-])cc(C=Nc2ccccc2N2CCCC2)c1O. The Morgan fingerprint density at radius 3 is 2.73 bits per heavy atom. The number of anilines is 1. The van der Waals surface area contributed by atoms with Crippen molar-refractivity contribution in [1.29, 1.82) is 0 Å². The molecule has 2 aromatic rings. The van der Waals surface area contributed by atoms with Gasteiger partial charge in [-0.25, -0.2) is 0 Å². The third-order valence-electron chi connectivity index (χ3n) is 4.27. The molecule has 26 heavy (non-hydrogen) atoms. The largest absolute Gasteiger partial charge is 0.504 e. The van der Waals surface area contributed by atoms with Gasteiger partial charge in [0, 0.05) is 30.9 Å². The molecule has 0 unspecified atom stereocenters. The van der Waals surface area contributed by atoms with Gasteiger partial charge in [-0.1, -0.05) is 12.1 Å². The summed E-state index contributed by atoms with van der Waals surface area (Å²) in [7, 11) is 0. The minimum absolute atomic E-state index is 0.0796. The summed E-state index contributed by atoms with van der Waals surface area (Å²) in [6.07, 6.45) is 3.75. The molecule has 2 aromatic carbocycles. The lowest BCUT2D eigenvalue weighted by Gasteiger charge is -2.19. The average molecular weight is 355 g/mol. The highest BCUT2D eigenvalue weighted by atomic mass is 16.6. The number of aromatic hydroxyl groups is 1. The van der Waals surface area contributed by atoms with E-state index in [4.69, 9.17) is 4.74 Å². The van der Waals surface area contributed by atoms with Crippen molar-refractivity contribution in [2.75, 3.05) is 24.6 Å². The summed E-state index contributed by atoms with van der Waals surface area (Å²) < 4.78 is 5.30. The zero-order valence-electron chi connectivity index (χ0n) is 14.6. The second kappa shape index (κ2) is 7.86. The molecule has 0 saturated carbocycles. The number of ether oxygens (including phenoxy) is 1. The van der Waals surface area contributed by atoms with Crippen LogP contribution in [0.2, 0.25) is 0 Å². The predicted molar refractivity (Wildman–Crippen MR) is 101 cm³/mol. The van der Waals surface area contributed by atoms with Crippen molar-refractivity contribution in [3.8, 4) is 11.5 Å². The minimum Gasteiger partial charge on any atom is -0.504 e. The Kier molecular flexibility index (Phi) is 5.36. The van der Waals surface area contributed by atoms with Gasteiger partial charge in [-0.05, 0) is 31.9 Å².